The van der Waals surface area contributed by atoms with E-state index in [0.717, 1.165) is 0 Å². The smallest absolute Gasteiger partial charge is 0.0609 e. The Morgan fingerprint density at radius 3 is 2.43 bits per heavy atom. The molecule has 2 heteroatoms. The monoisotopic (exact) mass is 113 g/mol. The van der Waals surface area contributed by atoms with Crippen LogP contribution < -0.4 is 0 Å². The van der Waals surface area contributed by atoms with Crippen LogP contribution >= 0.6 is 0 Å². The summed E-state index contributed by atoms with van der Waals surface area (Å²) in [4.78, 5) is 0. The molecule has 0 N–H and O–H groups in total. The third-order valence-corrected chi connectivity index (χ3v) is 1.54. The highest BCUT2D eigenvalue weighted by Crippen LogP contribution is 2.20. The molecule has 0 spiro atoms. The van der Waals surface area contributed by atoms with E-state index in [1.165, 1.54) is 19.3 Å². The number of hydrogen-bond acceptors (Lipinski definition) is 1. The molecular weight excluding hydrogens is 104 g/mol. The van der Waals surface area contributed by atoms with E-state index in [0.29, 0.717) is 12.3 Å². The van der Waals surface area contributed by atoms with Crippen molar-refractivity contribution in [1.29, 1.82) is 0 Å². The molecule has 0 heterocycles. The Labute approximate surface area is 47.5 Å². The molecule has 1 fully saturated rings. The molecule has 3 radical (unpaired) electrons. The lowest BCUT2D eigenvalue weighted by molar-refractivity contribution is 0.0288. The molecule has 1 saturated carbocycles. The van der Waals surface area contributed by atoms with Gasteiger partial charge in [0, 0.05) is 6.23 Å². The topological polar surface area (TPSA) is 9.23 Å². The van der Waals surface area contributed by atoms with Crippen molar-refractivity contribution in [3.8, 4) is 0 Å². The van der Waals surface area contributed by atoms with Gasteiger partial charge in [0.2, 0.25) is 0 Å². The second-order valence-electron chi connectivity index (χ2n) is 1.86. The van der Waals surface area contributed by atoms with Crippen LogP contribution in [0.5, 0.6) is 0 Å². The van der Waals surface area contributed by atoms with Crippen LogP contribution in [0.15, 0.2) is 0 Å². The Hall–Kier alpha value is 0.177. The van der Waals surface area contributed by atoms with Gasteiger partial charge in [-0.2, -0.15) is 0 Å². The minimum atomic E-state index is 0.581. The maximum absolute atomic E-state index is 5.19. The molecule has 0 unspecified atom stereocenters. The number of hydrogen-bond donors (Lipinski definition) is 0. The number of ether oxygens (including phenoxy) is 1. The van der Waals surface area contributed by atoms with Gasteiger partial charge < -0.3 is 4.74 Å². The van der Waals surface area contributed by atoms with Gasteiger partial charge in [-0.3, -0.25) is 0 Å². The van der Waals surface area contributed by atoms with Crippen molar-refractivity contribution >= 4 is 10.2 Å². The summed E-state index contributed by atoms with van der Waals surface area (Å²) in [5, 5.41) is 0. The molecule has 0 amide bonds. The van der Waals surface area contributed by atoms with E-state index >= 15 is 0 Å². The highest BCUT2D eigenvalue weighted by molar-refractivity contribution is 6.08. The van der Waals surface area contributed by atoms with Gasteiger partial charge in [-0.25, -0.2) is 0 Å². The fourth-order valence-corrected chi connectivity index (χ4v) is 0.891. The van der Waals surface area contributed by atoms with E-state index in [1.54, 1.807) is 0 Å². The molecule has 7 heavy (non-hydrogen) atoms. The SMILES string of the molecule is [Si]COC1CCC1. The van der Waals surface area contributed by atoms with Gasteiger partial charge in [-0.15, -0.1) is 0 Å². The molecule has 0 aromatic rings. The van der Waals surface area contributed by atoms with E-state index in [9.17, 15) is 0 Å². The average molecular weight is 113 g/mol. The highest BCUT2D eigenvalue weighted by atomic mass is 28.1. The van der Waals surface area contributed by atoms with Gasteiger partial charge in [0.1, 0.15) is 0 Å². The summed E-state index contributed by atoms with van der Waals surface area (Å²) in [5.74, 6) is 0. The molecular formula is C5H9OSi. The molecule has 1 rings (SSSR count). The zero-order chi connectivity index (χ0) is 5.11. The lowest BCUT2D eigenvalue weighted by Crippen LogP contribution is -2.21. The molecule has 0 bridgehead atoms. The summed E-state index contributed by atoms with van der Waals surface area (Å²) in [7, 11) is 3.24. The highest BCUT2D eigenvalue weighted by Gasteiger charge is 2.15. The second-order valence-corrected chi connectivity index (χ2v) is 2.15. The van der Waals surface area contributed by atoms with Crippen LogP contribution in [-0.4, -0.2) is 22.6 Å². The van der Waals surface area contributed by atoms with Crippen LogP contribution in [0.1, 0.15) is 19.3 Å². The Morgan fingerprint density at radius 2 is 2.29 bits per heavy atom. The Bertz CT molecular complexity index is 52.0. The van der Waals surface area contributed by atoms with Crippen LogP contribution in [0.25, 0.3) is 0 Å². The zero-order valence-electron chi connectivity index (χ0n) is 4.31. The molecule has 0 aliphatic heterocycles. The van der Waals surface area contributed by atoms with Crippen molar-refractivity contribution < 1.29 is 4.74 Å². The van der Waals surface area contributed by atoms with Crippen molar-refractivity contribution in [2.75, 3.05) is 6.23 Å². The van der Waals surface area contributed by atoms with Crippen LogP contribution in [-0.2, 0) is 4.74 Å². The van der Waals surface area contributed by atoms with Gasteiger partial charge >= 0.3 is 0 Å². The van der Waals surface area contributed by atoms with Gasteiger partial charge in [-0.1, -0.05) is 0 Å². The average Bonchev–Trinajstić information content (AvgIpc) is 1.55. The molecule has 0 atom stereocenters. The fourth-order valence-electron chi connectivity index (χ4n) is 0.655. The molecule has 1 nitrogen and oxygen atoms in total. The van der Waals surface area contributed by atoms with Gasteiger partial charge in [0.05, 0.1) is 16.3 Å². The summed E-state index contributed by atoms with van der Waals surface area (Å²) in [6.07, 6.45) is 5.17. The molecule has 0 saturated heterocycles. The summed E-state index contributed by atoms with van der Waals surface area (Å²) in [6.45, 7) is 0. The minimum Gasteiger partial charge on any atom is -0.382 e. The first-order valence-corrected chi connectivity index (χ1v) is 3.40. The van der Waals surface area contributed by atoms with Crippen LogP contribution in [0, 0.1) is 0 Å². The molecule has 0 aromatic carbocycles. The first-order chi connectivity index (χ1) is 3.43. The first kappa shape index (κ1) is 5.32. The molecule has 1 aliphatic carbocycles. The van der Waals surface area contributed by atoms with Crippen LogP contribution in [0.3, 0.4) is 0 Å². The van der Waals surface area contributed by atoms with Crippen LogP contribution in [0.2, 0.25) is 0 Å². The van der Waals surface area contributed by atoms with E-state index in [1.807, 2.05) is 0 Å². The first-order valence-electron chi connectivity index (χ1n) is 2.69. The Morgan fingerprint density at radius 1 is 1.57 bits per heavy atom. The van der Waals surface area contributed by atoms with E-state index in [4.69, 9.17) is 4.74 Å². The van der Waals surface area contributed by atoms with Gasteiger partial charge in [0.15, 0.2) is 0 Å². The van der Waals surface area contributed by atoms with Crippen molar-refractivity contribution in [3.05, 3.63) is 0 Å². The second kappa shape index (κ2) is 2.48. The molecule has 0 aromatic heterocycles. The normalized spacial score (nSPS) is 21.9. The number of rotatable bonds is 2. The minimum absolute atomic E-state index is 0.581. The Balaban J connectivity index is 1.93. The lowest BCUT2D eigenvalue weighted by Gasteiger charge is -2.24. The van der Waals surface area contributed by atoms with E-state index in [-0.39, 0.29) is 0 Å². The summed E-state index contributed by atoms with van der Waals surface area (Å²) < 4.78 is 5.19. The van der Waals surface area contributed by atoms with Gasteiger partial charge in [-0.05, 0) is 19.3 Å². The lowest BCUT2D eigenvalue weighted by atomic mass is 9.96. The van der Waals surface area contributed by atoms with E-state index in [2.05, 4.69) is 10.2 Å². The van der Waals surface area contributed by atoms with Crippen molar-refractivity contribution in [2.24, 2.45) is 0 Å². The summed E-state index contributed by atoms with van der Waals surface area (Å²) in [6, 6.07) is 0. The maximum Gasteiger partial charge on any atom is 0.0609 e. The van der Waals surface area contributed by atoms with Gasteiger partial charge in [0.25, 0.3) is 0 Å². The largest absolute Gasteiger partial charge is 0.382 e. The summed E-state index contributed by atoms with van der Waals surface area (Å²) >= 11 is 0. The standard InChI is InChI=1S/C5H9OSi/c7-4-6-5-2-1-3-5/h5H,1-4H2. The van der Waals surface area contributed by atoms with Crippen LogP contribution in [0.4, 0.5) is 0 Å². The Kier molecular flexibility index (Phi) is 1.88. The fraction of sp³-hybridized carbons (Fsp3) is 1.00. The van der Waals surface area contributed by atoms with E-state index < -0.39 is 0 Å². The van der Waals surface area contributed by atoms with Crippen molar-refractivity contribution in [3.63, 3.8) is 0 Å². The maximum atomic E-state index is 5.19. The predicted molar refractivity (Wildman–Crippen MR) is 29.3 cm³/mol. The van der Waals surface area contributed by atoms with Crippen molar-refractivity contribution in [1.82, 2.24) is 0 Å². The predicted octanol–water partition coefficient (Wildman–Crippen LogP) is 0.681. The molecule has 1 aliphatic rings. The molecule has 39 valence electrons. The zero-order valence-corrected chi connectivity index (χ0v) is 5.31. The summed E-state index contributed by atoms with van der Waals surface area (Å²) in [5.41, 5.74) is 0. The third kappa shape index (κ3) is 1.28. The quantitative estimate of drug-likeness (QED) is 0.478. The third-order valence-electron chi connectivity index (χ3n) is 1.37. The van der Waals surface area contributed by atoms with Crippen molar-refractivity contribution in [2.45, 2.75) is 25.4 Å².